The number of nitrogens with one attached hydrogen (secondary N) is 1. The van der Waals surface area contributed by atoms with Crippen molar-refractivity contribution in [2.45, 2.75) is 17.4 Å². The molecule has 4 nitrogen and oxygen atoms in total. The Labute approximate surface area is 131 Å². The van der Waals surface area contributed by atoms with E-state index in [1.165, 1.54) is 11.5 Å². The van der Waals surface area contributed by atoms with E-state index < -0.39 is 0 Å². The molecule has 3 heterocycles. The van der Waals surface area contributed by atoms with E-state index in [0.29, 0.717) is 15.1 Å². The number of aromatic nitrogens is 4. The van der Waals surface area contributed by atoms with Gasteiger partial charge in [-0.1, -0.05) is 19.1 Å². The summed E-state index contributed by atoms with van der Waals surface area (Å²) in [7, 11) is 1.91. The largest absolute Gasteiger partial charge is 0.342 e. The number of thioether (sulfide) groups is 2. The SMILES string of the molecule is CC1SCCSC1c1nc(=S)cc(-c2cnn(C)c2)[nH]1. The zero-order chi connectivity index (χ0) is 14.1. The second-order valence-electron chi connectivity index (χ2n) is 4.79. The molecule has 1 aliphatic rings. The fraction of sp³-hybridized carbons (Fsp3) is 0.462. The molecule has 0 radical (unpaired) electrons. The highest BCUT2D eigenvalue weighted by Gasteiger charge is 2.26. The summed E-state index contributed by atoms with van der Waals surface area (Å²) in [6.45, 7) is 2.26. The summed E-state index contributed by atoms with van der Waals surface area (Å²) in [5.41, 5.74) is 2.04. The molecule has 1 saturated heterocycles. The quantitative estimate of drug-likeness (QED) is 0.857. The van der Waals surface area contributed by atoms with Gasteiger partial charge in [0, 0.05) is 35.6 Å². The summed E-state index contributed by atoms with van der Waals surface area (Å²) in [6.07, 6.45) is 3.83. The third-order valence-electron chi connectivity index (χ3n) is 3.23. The third-order valence-corrected chi connectivity index (χ3v) is 6.54. The van der Waals surface area contributed by atoms with Gasteiger partial charge in [-0.25, -0.2) is 4.98 Å². The number of rotatable bonds is 2. The predicted molar refractivity (Wildman–Crippen MR) is 88.7 cm³/mol. The maximum atomic E-state index is 5.33. The molecule has 2 aromatic heterocycles. The molecule has 0 saturated carbocycles. The summed E-state index contributed by atoms with van der Waals surface area (Å²) in [5, 5.41) is 5.15. The van der Waals surface area contributed by atoms with Gasteiger partial charge >= 0.3 is 0 Å². The molecule has 2 atom stereocenters. The fourth-order valence-electron chi connectivity index (χ4n) is 2.26. The van der Waals surface area contributed by atoms with E-state index in [2.05, 4.69) is 22.0 Å². The molecule has 0 bridgehead atoms. The Morgan fingerprint density at radius 2 is 2.20 bits per heavy atom. The van der Waals surface area contributed by atoms with Crippen molar-refractivity contribution >= 4 is 35.7 Å². The Morgan fingerprint density at radius 1 is 1.40 bits per heavy atom. The van der Waals surface area contributed by atoms with Crippen LogP contribution in [0.5, 0.6) is 0 Å². The van der Waals surface area contributed by atoms with Gasteiger partial charge in [-0.05, 0) is 6.07 Å². The second kappa shape index (κ2) is 5.91. The van der Waals surface area contributed by atoms with Gasteiger partial charge in [0.15, 0.2) is 0 Å². The first-order chi connectivity index (χ1) is 9.63. The van der Waals surface area contributed by atoms with Crippen LogP contribution in [0.1, 0.15) is 18.0 Å². The maximum Gasteiger partial charge on any atom is 0.130 e. The number of nitrogens with zero attached hydrogens (tertiary/aromatic N) is 3. The van der Waals surface area contributed by atoms with Gasteiger partial charge in [-0.2, -0.15) is 16.9 Å². The van der Waals surface area contributed by atoms with Crippen molar-refractivity contribution in [1.29, 1.82) is 0 Å². The van der Waals surface area contributed by atoms with Crippen LogP contribution in [0.2, 0.25) is 0 Å². The highest BCUT2D eigenvalue weighted by Crippen LogP contribution is 2.41. The topological polar surface area (TPSA) is 46.5 Å². The van der Waals surface area contributed by atoms with Crippen LogP contribution in [0.4, 0.5) is 0 Å². The summed E-state index contributed by atoms with van der Waals surface area (Å²) in [4.78, 5) is 7.99. The summed E-state index contributed by atoms with van der Waals surface area (Å²) >= 11 is 9.29. The van der Waals surface area contributed by atoms with Crippen molar-refractivity contribution in [3.8, 4) is 11.3 Å². The van der Waals surface area contributed by atoms with E-state index in [1.807, 2.05) is 49.0 Å². The van der Waals surface area contributed by atoms with Crippen LogP contribution < -0.4 is 0 Å². The average molecular weight is 324 g/mol. The van der Waals surface area contributed by atoms with Gasteiger partial charge in [0.1, 0.15) is 10.5 Å². The van der Waals surface area contributed by atoms with E-state index in [1.54, 1.807) is 4.68 Å². The van der Waals surface area contributed by atoms with Crippen LogP contribution in [0, 0.1) is 4.64 Å². The molecular weight excluding hydrogens is 308 g/mol. The standard InChI is InChI=1S/C13H16N4S3/c1-8-12(20-4-3-19-8)13-15-10(5-11(18)16-13)9-6-14-17(2)7-9/h5-8,12H,3-4H2,1-2H3,(H,15,16,18). The molecule has 7 heteroatoms. The number of aromatic amines is 1. The molecule has 0 aliphatic carbocycles. The lowest BCUT2D eigenvalue weighted by Gasteiger charge is -2.27. The molecule has 1 fully saturated rings. The van der Waals surface area contributed by atoms with Crippen LogP contribution in [-0.4, -0.2) is 36.5 Å². The van der Waals surface area contributed by atoms with E-state index in [4.69, 9.17) is 12.2 Å². The van der Waals surface area contributed by atoms with E-state index >= 15 is 0 Å². The smallest absolute Gasteiger partial charge is 0.130 e. The van der Waals surface area contributed by atoms with Crippen LogP contribution in [0.15, 0.2) is 18.5 Å². The lowest BCUT2D eigenvalue weighted by Crippen LogP contribution is -2.18. The summed E-state index contributed by atoms with van der Waals surface area (Å²) in [6, 6.07) is 1.90. The van der Waals surface area contributed by atoms with Gasteiger partial charge in [-0.3, -0.25) is 4.68 Å². The van der Waals surface area contributed by atoms with Gasteiger partial charge in [0.05, 0.1) is 17.1 Å². The minimum atomic E-state index is 0.382. The van der Waals surface area contributed by atoms with Gasteiger partial charge in [0.2, 0.25) is 0 Å². The second-order valence-corrected chi connectivity index (χ2v) is 7.94. The van der Waals surface area contributed by atoms with Crippen LogP contribution in [0.3, 0.4) is 0 Å². The molecule has 3 rings (SSSR count). The van der Waals surface area contributed by atoms with Gasteiger partial charge in [0.25, 0.3) is 0 Å². The average Bonchev–Trinajstić information content (AvgIpc) is 2.85. The van der Waals surface area contributed by atoms with Crippen molar-refractivity contribution in [3.05, 3.63) is 28.9 Å². The normalized spacial score (nSPS) is 22.9. The monoisotopic (exact) mass is 324 g/mol. The number of hydrogen-bond donors (Lipinski definition) is 1. The summed E-state index contributed by atoms with van der Waals surface area (Å²) in [5.74, 6) is 3.37. The predicted octanol–water partition coefficient (Wildman–Crippen LogP) is 3.45. The minimum Gasteiger partial charge on any atom is -0.342 e. The lowest BCUT2D eigenvalue weighted by molar-refractivity contribution is 0.768. The first-order valence-electron chi connectivity index (χ1n) is 6.47. The molecule has 106 valence electrons. The van der Waals surface area contributed by atoms with Crippen LogP contribution in [0.25, 0.3) is 11.3 Å². The Bertz CT molecular complexity index is 664. The van der Waals surface area contributed by atoms with Crippen molar-refractivity contribution in [3.63, 3.8) is 0 Å². The van der Waals surface area contributed by atoms with Gasteiger partial charge in [-0.15, -0.1) is 11.8 Å². The number of aryl methyl sites for hydroxylation is 1. The first kappa shape index (κ1) is 14.2. The number of H-pyrrole nitrogens is 1. The zero-order valence-corrected chi connectivity index (χ0v) is 13.8. The molecule has 2 unspecified atom stereocenters. The minimum absolute atomic E-state index is 0.382. The van der Waals surface area contributed by atoms with E-state index in [0.717, 1.165) is 17.1 Å². The third kappa shape index (κ3) is 2.94. The van der Waals surface area contributed by atoms with Gasteiger partial charge < -0.3 is 4.98 Å². The van der Waals surface area contributed by atoms with E-state index in [-0.39, 0.29) is 0 Å². The highest BCUT2D eigenvalue weighted by molar-refractivity contribution is 8.06. The first-order valence-corrected chi connectivity index (χ1v) is 8.97. The molecule has 1 aliphatic heterocycles. The molecular formula is C13H16N4S3. The van der Waals surface area contributed by atoms with E-state index in [9.17, 15) is 0 Å². The fourth-order valence-corrected chi connectivity index (χ4v) is 5.19. The van der Waals surface area contributed by atoms with Crippen molar-refractivity contribution in [2.75, 3.05) is 11.5 Å². The molecule has 2 aromatic rings. The highest BCUT2D eigenvalue weighted by atomic mass is 32.2. The van der Waals surface area contributed by atoms with Crippen molar-refractivity contribution < 1.29 is 0 Å². The molecule has 1 N–H and O–H groups in total. The maximum absolute atomic E-state index is 5.33. The Balaban J connectivity index is 2.00. The van der Waals surface area contributed by atoms with Crippen LogP contribution in [-0.2, 0) is 7.05 Å². The lowest BCUT2D eigenvalue weighted by atomic mass is 10.2. The Morgan fingerprint density at radius 3 is 2.90 bits per heavy atom. The molecule has 20 heavy (non-hydrogen) atoms. The molecule has 0 spiro atoms. The molecule has 0 aromatic carbocycles. The number of hydrogen-bond acceptors (Lipinski definition) is 5. The Kier molecular flexibility index (Phi) is 4.18. The molecule has 0 amide bonds. The zero-order valence-electron chi connectivity index (χ0n) is 11.4. The summed E-state index contributed by atoms with van der Waals surface area (Å²) < 4.78 is 2.43. The Hall–Kier alpha value is -0.790. The van der Waals surface area contributed by atoms with Crippen molar-refractivity contribution in [2.24, 2.45) is 7.05 Å². The van der Waals surface area contributed by atoms with Crippen LogP contribution >= 0.6 is 35.7 Å². The van der Waals surface area contributed by atoms with Crippen molar-refractivity contribution in [1.82, 2.24) is 19.7 Å².